The molecule has 0 saturated heterocycles. The Morgan fingerprint density at radius 2 is 1.95 bits per heavy atom. The minimum atomic E-state index is -1.15. The number of benzene rings is 1. The number of hydrogen-bond acceptors (Lipinski definition) is 2. The fourth-order valence-electron chi connectivity index (χ4n) is 2.36. The number of rotatable bonds is 4. The second-order valence-corrected chi connectivity index (χ2v) is 11.4. The summed E-state index contributed by atoms with van der Waals surface area (Å²) in [5.74, 6) is 0.212. The van der Waals surface area contributed by atoms with Crippen molar-refractivity contribution in [2.45, 2.75) is 32.1 Å². The number of hydrogen-bond donors (Lipinski definition) is 0. The Bertz CT molecular complexity index is 514. The lowest BCUT2D eigenvalue weighted by Crippen LogP contribution is -2.29. The van der Waals surface area contributed by atoms with Gasteiger partial charge >= 0.3 is 0 Å². The molecule has 1 aliphatic rings. The van der Waals surface area contributed by atoms with Crippen molar-refractivity contribution in [1.82, 2.24) is 4.90 Å². The lowest BCUT2D eigenvalue weighted by atomic mass is 9.97. The first kappa shape index (κ1) is 14.8. The zero-order chi connectivity index (χ0) is 14.6. The van der Waals surface area contributed by atoms with Gasteiger partial charge in [-0.3, -0.25) is 4.79 Å². The van der Waals surface area contributed by atoms with Crippen LogP contribution < -0.4 is 0 Å². The average Bonchev–Trinajstić information content (AvgIpc) is 2.40. The van der Waals surface area contributed by atoms with Crippen molar-refractivity contribution in [3.63, 3.8) is 0 Å². The Kier molecular flexibility index (Phi) is 4.60. The molecule has 1 unspecified atom stereocenters. The molecule has 0 amide bonds. The molecule has 2 rings (SSSR count). The van der Waals surface area contributed by atoms with Crippen LogP contribution in [0, 0.1) is 0 Å². The van der Waals surface area contributed by atoms with Crippen molar-refractivity contribution in [3.05, 3.63) is 59.9 Å². The van der Waals surface area contributed by atoms with Crippen LogP contribution in [-0.2, 0) is 4.79 Å². The molecule has 1 aliphatic heterocycles. The fraction of sp³-hybridized carbons (Fsp3) is 0.353. The van der Waals surface area contributed by atoms with Gasteiger partial charge in [-0.2, -0.15) is 0 Å². The first-order chi connectivity index (χ1) is 9.46. The predicted octanol–water partition coefficient (Wildman–Crippen LogP) is 3.95. The lowest BCUT2D eigenvalue weighted by Gasteiger charge is -2.32. The van der Waals surface area contributed by atoms with Gasteiger partial charge in [-0.15, -0.1) is 0 Å². The Labute approximate surface area is 122 Å². The van der Waals surface area contributed by atoms with Gasteiger partial charge in [0.25, 0.3) is 0 Å². The summed E-state index contributed by atoms with van der Waals surface area (Å²) >= 11 is 0. The molecule has 20 heavy (non-hydrogen) atoms. The summed E-state index contributed by atoms with van der Waals surface area (Å²) in [5, 5.41) is 0. The maximum atomic E-state index is 11.7. The van der Waals surface area contributed by atoms with Gasteiger partial charge in [0, 0.05) is 19.2 Å². The van der Waals surface area contributed by atoms with Crippen LogP contribution in [0.15, 0.2) is 54.4 Å². The first-order valence-corrected chi connectivity index (χ1v) is 10.7. The van der Waals surface area contributed by atoms with E-state index < -0.39 is 8.07 Å². The van der Waals surface area contributed by atoms with Gasteiger partial charge in [0.15, 0.2) is 5.78 Å². The van der Waals surface area contributed by atoms with E-state index in [9.17, 15) is 4.79 Å². The molecule has 106 valence electrons. The fourth-order valence-corrected chi connectivity index (χ4v) is 3.17. The maximum absolute atomic E-state index is 11.7. The van der Waals surface area contributed by atoms with Crippen LogP contribution in [0.25, 0.3) is 0 Å². The second kappa shape index (κ2) is 6.22. The Hall–Kier alpha value is -1.61. The molecule has 1 aromatic carbocycles. The van der Waals surface area contributed by atoms with Crippen molar-refractivity contribution in [2.75, 3.05) is 6.54 Å². The van der Waals surface area contributed by atoms with Crippen LogP contribution in [0.2, 0.25) is 19.6 Å². The van der Waals surface area contributed by atoms with Gasteiger partial charge in [0.2, 0.25) is 0 Å². The van der Waals surface area contributed by atoms with Crippen LogP contribution in [0.5, 0.6) is 0 Å². The summed E-state index contributed by atoms with van der Waals surface area (Å²) in [5.41, 5.74) is 3.57. The van der Waals surface area contributed by atoms with Gasteiger partial charge in [0.1, 0.15) is 0 Å². The number of nitrogens with zero attached hydrogens (tertiary/aromatic N) is 1. The highest BCUT2D eigenvalue weighted by atomic mass is 28.3. The number of ketones is 1. The zero-order valence-corrected chi connectivity index (χ0v) is 13.5. The summed E-state index contributed by atoms with van der Waals surface area (Å²) in [6.45, 7) is 7.85. The summed E-state index contributed by atoms with van der Waals surface area (Å²) in [6.07, 6.45) is 6.46. The summed E-state index contributed by atoms with van der Waals surface area (Å²) in [7, 11) is -1.15. The topological polar surface area (TPSA) is 20.3 Å². The van der Waals surface area contributed by atoms with Gasteiger partial charge in [-0.05, 0) is 11.6 Å². The maximum Gasteiger partial charge on any atom is 0.159 e. The lowest BCUT2D eigenvalue weighted by molar-refractivity contribution is -0.116. The van der Waals surface area contributed by atoms with E-state index in [0.717, 1.165) is 6.54 Å². The van der Waals surface area contributed by atoms with Crippen molar-refractivity contribution in [1.29, 1.82) is 0 Å². The van der Waals surface area contributed by atoms with Crippen LogP contribution >= 0.6 is 0 Å². The quantitative estimate of drug-likeness (QED) is 0.781. The molecule has 1 aromatic rings. The SMILES string of the molecule is C[Si](C)(C)/C=C/CN1C=CC(=O)CC1c1ccccc1. The third-order valence-electron chi connectivity index (χ3n) is 3.37. The molecular weight excluding hydrogens is 262 g/mol. The molecule has 0 fully saturated rings. The van der Waals surface area contributed by atoms with Gasteiger partial charge in [-0.1, -0.05) is 61.7 Å². The van der Waals surface area contributed by atoms with E-state index in [1.54, 1.807) is 6.08 Å². The number of allylic oxidation sites excluding steroid dienone is 1. The van der Waals surface area contributed by atoms with Crippen molar-refractivity contribution >= 4 is 13.9 Å². The third kappa shape index (κ3) is 4.20. The van der Waals surface area contributed by atoms with Crippen molar-refractivity contribution in [2.24, 2.45) is 0 Å². The minimum absolute atomic E-state index is 0.167. The highest BCUT2D eigenvalue weighted by Crippen LogP contribution is 2.28. The monoisotopic (exact) mass is 285 g/mol. The standard InChI is InChI=1S/C17H23NOSi/c1-20(2,3)13-7-11-18-12-10-16(19)14-17(18)15-8-5-4-6-9-15/h4-10,12-13,17H,11,14H2,1-3H3/b13-7+. The molecule has 0 bridgehead atoms. The highest BCUT2D eigenvalue weighted by molar-refractivity contribution is 6.80. The van der Waals surface area contributed by atoms with Crippen molar-refractivity contribution in [3.8, 4) is 0 Å². The Morgan fingerprint density at radius 1 is 1.25 bits per heavy atom. The third-order valence-corrected chi connectivity index (χ3v) is 4.60. The van der Waals surface area contributed by atoms with Gasteiger partial charge < -0.3 is 4.90 Å². The van der Waals surface area contributed by atoms with E-state index in [1.165, 1.54) is 5.56 Å². The Balaban J connectivity index is 2.14. The Morgan fingerprint density at radius 3 is 2.60 bits per heavy atom. The van der Waals surface area contributed by atoms with E-state index in [1.807, 2.05) is 24.4 Å². The summed E-state index contributed by atoms with van der Waals surface area (Å²) in [4.78, 5) is 14.0. The molecule has 3 heteroatoms. The van der Waals surface area contributed by atoms with Crippen LogP contribution in [0.3, 0.4) is 0 Å². The minimum Gasteiger partial charge on any atom is -0.366 e. The molecule has 1 atom stereocenters. The highest BCUT2D eigenvalue weighted by Gasteiger charge is 2.23. The van der Waals surface area contributed by atoms with E-state index in [2.05, 4.69) is 48.4 Å². The molecule has 0 saturated carbocycles. The van der Waals surface area contributed by atoms with Gasteiger partial charge in [-0.25, -0.2) is 0 Å². The molecule has 0 radical (unpaired) electrons. The molecular formula is C17H23NOSi. The second-order valence-electron chi connectivity index (χ2n) is 6.38. The zero-order valence-electron chi connectivity index (χ0n) is 12.5. The van der Waals surface area contributed by atoms with Gasteiger partial charge in [0.05, 0.1) is 14.1 Å². The van der Waals surface area contributed by atoms with E-state index in [-0.39, 0.29) is 11.8 Å². The molecule has 0 aliphatic carbocycles. The van der Waals surface area contributed by atoms with E-state index >= 15 is 0 Å². The van der Waals surface area contributed by atoms with Crippen molar-refractivity contribution < 1.29 is 4.79 Å². The largest absolute Gasteiger partial charge is 0.366 e. The smallest absolute Gasteiger partial charge is 0.159 e. The predicted molar refractivity (Wildman–Crippen MR) is 87.1 cm³/mol. The van der Waals surface area contributed by atoms with Crippen LogP contribution in [0.1, 0.15) is 18.0 Å². The average molecular weight is 285 g/mol. The van der Waals surface area contributed by atoms with Crippen LogP contribution in [-0.4, -0.2) is 25.3 Å². The number of carbonyl (C=O) groups excluding carboxylic acids is 1. The van der Waals surface area contributed by atoms with E-state index in [4.69, 9.17) is 0 Å². The first-order valence-electron chi connectivity index (χ1n) is 7.15. The molecule has 0 N–H and O–H groups in total. The molecule has 0 spiro atoms. The summed E-state index contributed by atoms with van der Waals surface area (Å²) < 4.78 is 0. The molecule has 2 nitrogen and oxygen atoms in total. The summed E-state index contributed by atoms with van der Waals surface area (Å²) in [6, 6.07) is 10.5. The number of carbonyl (C=O) groups is 1. The molecule has 0 aromatic heterocycles. The normalized spacial score (nSPS) is 19.9. The van der Waals surface area contributed by atoms with Crippen LogP contribution in [0.4, 0.5) is 0 Å². The van der Waals surface area contributed by atoms with E-state index in [0.29, 0.717) is 6.42 Å². The molecule has 1 heterocycles.